The molecule has 0 amide bonds. The molecule has 7 aromatic rings. The first-order chi connectivity index (χ1) is 17.1. The number of carbonyl (C=O) groups is 1. The molecule has 35 heavy (non-hydrogen) atoms. The lowest BCUT2D eigenvalue weighted by molar-refractivity contribution is 0.0865. The van der Waals surface area contributed by atoms with Crippen molar-refractivity contribution >= 4 is 81.8 Å². The second-order valence-corrected chi connectivity index (χ2v) is 9.79. The zero-order valence-electron chi connectivity index (χ0n) is 18.8. The Hall–Kier alpha value is -4.44. The number of imidazole rings is 1. The molecule has 0 atom stereocenters. The van der Waals surface area contributed by atoms with Crippen LogP contribution in [-0.4, -0.2) is 45.6 Å². The molecule has 0 spiro atoms. The van der Waals surface area contributed by atoms with Crippen molar-refractivity contribution in [1.82, 2.24) is 39.7 Å². The van der Waals surface area contributed by atoms with Crippen molar-refractivity contribution in [3.63, 3.8) is 0 Å². The fourth-order valence-electron chi connectivity index (χ4n) is 4.37. The Balaban J connectivity index is 1.78. The van der Waals surface area contributed by atoms with Crippen molar-refractivity contribution in [3.8, 4) is 0 Å². The third-order valence-electron chi connectivity index (χ3n) is 6.11. The molecule has 170 valence electrons. The summed E-state index contributed by atoms with van der Waals surface area (Å²) in [7, 11) is 0. The Labute approximate surface area is 201 Å². The quantitative estimate of drug-likeness (QED) is 0.321. The van der Waals surface area contributed by atoms with E-state index < -0.39 is 0 Å². The molecular weight excluding hydrogens is 460 g/mol. The summed E-state index contributed by atoms with van der Waals surface area (Å²) in [5, 5.41) is 9.27. The molecule has 9 nitrogen and oxygen atoms in total. The van der Waals surface area contributed by atoms with Crippen molar-refractivity contribution < 1.29 is 4.79 Å². The number of thiophene rings is 1. The number of H-pyrrole nitrogens is 2. The van der Waals surface area contributed by atoms with Gasteiger partial charge in [-0.2, -0.15) is 5.10 Å². The highest BCUT2D eigenvalue weighted by atomic mass is 32.1. The van der Waals surface area contributed by atoms with Crippen molar-refractivity contribution in [1.29, 1.82) is 0 Å². The lowest BCUT2D eigenvalue weighted by atomic mass is 10.2. The number of fused-ring (bicyclic) bond motifs is 9. The fourth-order valence-corrected chi connectivity index (χ4v) is 5.40. The summed E-state index contributed by atoms with van der Waals surface area (Å²) in [6.45, 7) is 3.79. The van der Waals surface area contributed by atoms with Crippen molar-refractivity contribution in [2.24, 2.45) is 5.92 Å². The second kappa shape index (κ2) is 7.28. The average Bonchev–Trinajstić information content (AvgIpc) is 3.61. The first-order valence-electron chi connectivity index (χ1n) is 11.2. The van der Waals surface area contributed by atoms with Gasteiger partial charge in [-0.3, -0.25) is 29.4 Å². The average molecular weight is 479 g/mol. The predicted molar refractivity (Wildman–Crippen MR) is 138 cm³/mol. The van der Waals surface area contributed by atoms with Crippen molar-refractivity contribution in [3.05, 3.63) is 55.1 Å². The van der Waals surface area contributed by atoms with Crippen LogP contribution in [0, 0.1) is 5.92 Å². The van der Waals surface area contributed by atoms with E-state index in [-0.39, 0.29) is 11.8 Å². The van der Waals surface area contributed by atoms with Gasteiger partial charge in [-0.05, 0) is 30.3 Å². The number of rotatable bonds is 1. The summed E-state index contributed by atoms with van der Waals surface area (Å²) in [6.07, 6.45) is 6.98. The fraction of sp³-hybridized carbons (Fsp3) is 0.120. The number of nitrogens with one attached hydrogen (secondary N) is 2. The van der Waals surface area contributed by atoms with Gasteiger partial charge in [0.2, 0.25) is 5.91 Å². The van der Waals surface area contributed by atoms with Crippen molar-refractivity contribution in [2.45, 2.75) is 13.8 Å². The van der Waals surface area contributed by atoms with Gasteiger partial charge in [0, 0.05) is 29.1 Å². The highest BCUT2D eigenvalue weighted by Gasteiger charge is 2.15. The standard InChI is InChI=1S/C25H18N8OS/c1-12(2)25(34)33-14-7-13(9-26-10-14)17-8-15-18(11-28-17)31-32-21(15)24-29-16-5-6-27-23(22(16)30-24)19-3-4-20(33)35-19/h3-12H,1-2H3,(H,29,30)(H,31,32). The van der Waals surface area contributed by atoms with E-state index in [2.05, 4.69) is 30.1 Å². The predicted octanol–water partition coefficient (Wildman–Crippen LogP) is 5.52. The molecule has 0 aliphatic rings. The zero-order chi connectivity index (χ0) is 23.7. The molecule has 0 aliphatic heterocycles. The molecule has 7 heterocycles. The van der Waals surface area contributed by atoms with Crippen LogP contribution in [0.4, 0.5) is 0 Å². The van der Waals surface area contributed by atoms with Crippen LogP contribution in [0.15, 0.2) is 55.1 Å². The Bertz CT molecular complexity index is 2030. The number of hydrogen-bond donors (Lipinski definition) is 2. The third-order valence-corrected chi connectivity index (χ3v) is 7.19. The van der Waals surface area contributed by atoms with E-state index in [0.29, 0.717) is 16.7 Å². The van der Waals surface area contributed by atoms with E-state index in [1.807, 2.05) is 44.2 Å². The Morgan fingerprint density at radius 2 is 1.91 bits per heavy atom. The molecule has 0 fully saturated rings. The molecule has 7 aromatic heterocycles. The number of hydrogen-bond acceptors (Lipinski definition) is 7. The molecule has 0 unspecified atom stereocenters. The number of aromatic nitrogens is 8. The number of carbonyl (C=O) groups excluding carboxylic acids is 1. The van der Waals surface area contributed by atoms with Gasteiger partial charge in [-0.25, -0.2) is 4.98 Å². The van der Waals surface area contributed by atoms with Gasteiger partial charge in [-0.15, -0.1) is 11.3 Å². The Kier molecular flexibility index (Phi) is 4.15. The van der Waals surface area contributed by atoms with E-state index >= 15 is 0 Å². The lowest BCUT2D eigenvalue weighted by Crippen LogP contribution is -2.17. The minimum absolute atomic E-state index is 0.0181. The van der Waals surface area contributed by atoms with Crippen LogP contribution in [0.1, 0.15) is 18.6 Å². The van der Waals surface area contributed by atoms with Crippen LogP contribution in [0.3, 0.4) is 0 Å². The second-order valence-electron chi connectivity index (χ2n) is 8.73. The van der Waals surface area contributed by atoms with Crippen molar-refractivity contribution in [2.75, 3.05) is 0 Å². The van der Waals surface area contributed by atoms with Crippen LogP contribution < -0.4 is 0 Å². The first-order valence-corrected chi connectivity index (χ1v) is 12.0. The minimum Gasteiger partial charge on any atom is -0.336 e. The van der Waals surface area contributed by atoms with Gasteiger partial charge >= 0.3 is 0 Å². The SMILES string of the molecule is CC(C)C(=O)n1c2cncc(c2)c2cc3c(cn2)[nH]nc3c2nc3c(ccnc3c3ccc1s3)[nH]2. The smallest absolute Gasteiger partial charge is 0.234 e. The summed E-state index contributed by atoms with van der Waals surface area (Å²) < 4.78 is 2.64. The van der Waals surface area contributed by atoms with E-state index in [4.69, 9.17) is 4.98 Å². The summed E-state index contributed by atoms with van der Waals surface area (Å²) in [4.78, 5) is 36.2. The molecule has 0 radical (unpaired) electrons. The van der Waals surface area contributed by atoms with Crippen LogP contribution in [0.5, 0.6) is 0 Å². The number of aromatic amines is 2. The summed E-state index contributed by atoms with van der Waals surface area (Å²) >= 11 is 1.49. The molecule has 2 N–H and O–H groups in total. The van der Waals surface area contributed by atoms with E-state index in [9.17, 15) is 4.79 Å². The van der Waals surface area contributed by atoms with E-state index in [1.54, 1.807) is 29.4 Å². The molecule has 0 saturated carbocycles. The highest BCUT2D eigenvalue weighted by molar-refractivity contribution is 7.24. The molecular formula is C25H18N8OS. The maximum atomic E-state index is 13.4. The summed E-state index contributed by atoms with van der Waals surface area (Å²) in [5.41, 5.74) is 5.93. The minimum atomic E-state index is -0.204. The normalized spacial score (nSPS) is 12.1. The molecule has 0 saturated heterocycles. The van der Waals surface area contributed by atoms with Crippen LogP contribution in [0.2, 0.25) is 0 Å². The maximum absolute atomic E-state index is 13.4. The Morgan fingerprint density at radius 1 is 1.00 bits per heavy atom. The molecule has 8 bridgehead atoms. The van der Waals surface area contributed by atoms with Gasteiger partial charge in [0.15, 0.2) is 5.65 Å². The van der Waals surface area contributed by atoms with Crippen LogP contribution >= 0.6 is 11.3 Å². The van der Waals surface area contributed by atoms with Gasteiger partial charge < -0.3 is 4.98 Å². The Morgan fingerprint density at radius 3 is 2.80 bits per heavy atom. The monoisotopic (exact) mass is 478 g/mol. The first kappa shape index (κ1) is 20.0. The summed E-state index contributed by atoms with van der Waals surface area (Å²) in [5.74, 6) is -0.222. The molecule has 7 rings (SSSR count). The molecule has 0 aliphatic carbocycles. The third kappa shape index (κ3) is 3.00. The maximum Gasteiger partial charge on any atom is 0.234 e. The van der Waals surface area contributed by atoms with Gasteiger partial charge in [-0.1, -0.05) is 13.8 Å². The highest BCUT2D eigenvalue weighted by Crippen LogP contribution is 2.29. The zero-order valence-corrected chi connectivity index (χ0v) is 19.6. The molecule has 10 heteroatoms. The van der Waals surface area contributed by atoms with Crippen LogP contribution in [0.25, 0.3) is 64.6 Å². The van der Waals surface area contributed by atoms with Gasteiger partial charge in [0.1, 0.15) is 21.4 Å². The topological polar surface area (TPSA) is 118 Å². The molecule has 0 aromatic carbocycles. The van der Waals surface area contributed by atoms with Gasteiger partial charge in [0.05, 0.1) is 39.2 Å². The summed E-state index contributed by atoms with van der Waals surface area (Å²) in [6, 6.07) is 9.75. The number of nitrogens with zero attached hydrogens (tertiary/aromatic N) is 6. The van der Waals surface area contributed by atoms with E-state index in [1.165, 1.54) is 11.3 Å². The largest absolute Gasteiger partial charge is 0.336 e. The van der Waals surface area contributed by atoms with Gasteiger partial charge in [0.25, 0.3) is 0 Å². The lowest BCUT2D eigenvalue weighted by Gasteiger charge is -2.10. The number of pyridine rings is 3. The van der Waals surface area contributed by atoms with Crippen LogP contribution in [-0.2, 0) is 0 Å². The van der Waals surface area contributed by atoms with E-state index in [0.717, 1.165) is 47.9 Å².